The average Bonchev–Trinajstić information content (AvgIpc) is 2.31. The molecule has 104 valence electrons. The minimum Gasteiger partial charge on any atom is -0.490 e. The van der Waals surface area contributed by atoms with E-state index in [1.165, 1.54) is 6.07 Å². The highest BCUT2D eigenvalue weighted by Gasteiger charge is 2.24. The summed E-state index contributed by atoms with van der Waals surface area (Å²) in [6.45, 7) is 5.82. The molecule has 0 aliphatic heterocycles. The molecule has 1 aromatic carbocycles. The lowest BCUT2D eigenvalue weighted by Gasteiger charge is -2.25. The Morgan fingerprint density at radius 2 is 2.11 bits per heavy atom. The van der Waals surface area contributed by atoms with Crippen LogP contribution >= 0.6 is 0 Å². The zero-order valence-electron chi connectivity index (χ0n) is 11.3. The van der Waals surface area contributed by atoms with Crippen LogP contribution in [0.25, 0.3) is 0 Å². The molecule has 5 heteroatoms. The second kappa shape index (κ2) is 6.48. The van der Waals surface area contributed by atoms with Gasteiger partial charge in [-0.05, 0) is 32.9 Å². The predicted molar refractivity (Wildman–Crippen MR) is 68.8 cm³/mol. The number of hydrogen-bond donors (Lipinski definition) is 1. The van der Waals surface area contributed by atoms with E-state index >= 15 is 0 Å². The van der Waals surface area contributed by atoms with Crippen molar-refractivity contribution in [3.8, 4) is 11.8 Å². The molecule has 0 saturated carbocycles. The van der Waals surface area contributed by atoms with Gasteiger partial charge in [-0.15, -0.1) is 0 Å². The maximum atomic E-state index is 13.3. The zero-order valence-corrected chi connectivity index (χ0v) is 11.3. The van der Waals surface area contributed by atoms with Gasteiger partial charge in [-0.2, -0.15) is 5.26 Å². The average molecular weight is 268 g/mol. The van der Waals surface area contributed by atoms with Crippen molar-refractivity contribution in [2.75, 3.05) is 6.61 Å². The third kappa shape index (κ3) is 4.84. The summed E-state index contributed by atoms with van der Waals surface area (Å²) >= 11 is 0. The minimum absolute atomic E-state index is 0.00811. The zero-order chi connectivity index (χ0) is 14.5. The molecule has 1 atom stereocenters. The van der Waals surface area contributed by atoms with Crippen molar-refractivity contribution in [2.45, 2.75) is 38.8 Å². The van der Waals surface area contributed by atoms with E-state index in [4.69, 9.17) is 10.00 Å². The largest absolute Gasteiger partial charge is 0.490 e. The first-order valence-corrected chi connectivity index (χ1v) is 6.13. The van der Waals surface area contributed by atoms with Gasteiger partial charge in [0.1, 0.15) is 11.4 Å². The number of rotatable bonds is 6. The molecule has 0 radical (unpaired) electrons. The Bertz CT molecular complexity index is 471. The molecule has 0 spiro atoms. The van der Waals surface area contributed by atoms with Gasteiger partial charge >= 0.3 is 0 Å². The first-order chi connectivity index (χ1) is 8.86. The third-order valence-electron chi connectivity index (χ3n) is 2.61. The smallest absolute Gasteiger partial charge is 0.167 e. The summed E-state index contributed by atoms with van der Waals surface area (Å²) in [6, 6.07) is 5.48. The molecule has 0 aliphatic rings. The number of hydrogen-bond acceptors (Lipinski definition) is 3. The van der Waals surface area contributed by atoms with Gasteiger partial charge in [0, 0.05) is 18.5 Å². The standard InChI is InChI=1S/C14H18F2N2O/c1-10(2)18-14(3,9-17)6-7-19-13-5-4-11(15)8-12(13)16/h4-5,8,10,18H,6-7H2,1-3H3. The number of nitrogens with zero attached hydrogens (tertiary/aromatic N) is 1. The lowest BCUT2D eigenvalue weighted by molar-refractivity contribution is 0.251. The minimum atomic E-state index is -0.740. The van der Waals surface area contributed by atoms with Crippen LogP contribution in [0.15, 0.2) is 18.2 Å². The normalized spacial score (nSPS) is 13.9. The molecule has 0 heterocycles. The molecule has 1 aromatic rings. The number of halogens is 2. The Labute approximate surface area is 112 Å². The van der Waals surface area contributed by atoms with Gasteiger partial charge in [0.2, 0.25) is 0 Å². The molecule has 0 aromatic heterocycles. The van der Waals surface area contributed by atoms with Gasteiger partial charge in [-0.3, -0.25) is 5.32 Å². The van der Waals surface area contributed by atoms with Crippen molar-refractivity contribution in [1.82, 2.24) is 5.32 Å². The van der Waals surface area contributed by atoms with E-state index in [-0.39, 0.29) is 18.4 Å². The van der Waals surface area contributed by atoms with Gasteiger partial charge < -0.3 is 4.74 Å². The highest BCUT2D eigenvalue weighted by molar-refractivity contribution is 5.24. The molecular formula is C14H18F2N2O. The van der Waals surface area contributed by atoms with Gasteiger partial charge in [-0.25, -0.2) is 8.78 Å². The number of ether oxygens (including phenoxy) is 1. The Morgan fingerprint density at radius 1 is 1.42 bits per heavy atom. The van der Waals surface area contributed by atoms with Crippen LogP contribution in [0.1, 0.15) is 27.2 Å². The summed E-state index contributed by atoms with van der Waals surface area (Å²) in [4.78, 5) is 0. The van der Waals surface area contributed by atoms with E-state index in [0.29, 0.717) is 6.42 Å². The highest BCUT2D eigenvalue weighted by Crippen LogP contribution is 2.19. The first kappa shape index (κ1) is 15.4. The van der Waals surface area contributed by atoms with Crippen molar-refractivity contribution < 1.29 is 13.5 Å². The maximum absolute atomic E-state index is 13.3. The fourth-order valence-electron chi connectivity index (χ4n) is 1.75. The highest BCUT2D eigenvalue weighted by atomic mass is 19.1. The summed E-state index contributed by atoms with van der Waals surface area (Å²) in [5, 5.41) is 12.3. The third-order valence-corrected chi connectivity index (χ3v) is 2.61. The number of benzene rings is 1. The fourth-order valence-corrected chi connectivity index (χ4v) is 1.75. The number of nitrogens with one attached hydrogen (secondary N) is 1. The van der Waals surface area contributed by atoms with Gasteiger partial charge in [-0.1, -0.05) is 0 Å². The van der Waals surface area contributed by atoms with E-state index in [2.05, 4.69) is 11.4 Å². The lowest BCUT2D eigenvalue weighted by Crippen LogP contribution is -2.45. The van der Waals surface area contributed by atoms with Gasteiger partial charge in [0.25, 0.3) is 0 Å². The second-order valence-electron chi connectivity index (χ2n) is 4.92. The van der Waals surface area contributed by atoms with Crippen LogP contribution in [0.2, 0.25) is 0 Å². The van der Waals surface area contributed by atoms with Crippen LogP contribution in [0.3, 0.4) is 0 Å². The van der Waals surface area contributed by atoms with Crippen molar-refractivity contribution in [2.24, 2.45) is 0 Å². The molecule has 0 amide bonds. The Kier molecular flexibility index (Phi) is 5.25. The molecule has 19 heavy (non-hydrogen) atoms. The molecule has 0 fully saturated rings. The Hall–Kier alpha value is -1.67. The van der Waals surface area contributed by atoms with Crippen molar-refractivity contribution >= 4 is 0 Å². The lowest BCUT2D eigenvalue weighted by atomic mass is 9.99. The van der Waals surface area contributed by atoms with E-state index in [1.807, 2.05) is 13.8 Å². The quantitative estimate of drug-likeness (QED) is 0.862. The van der Waals surface area contributed by atoms with Crippen LogP contribution < -0.4 is 10.1 Å². The van der Waals surface area contributed by atoms with Crippen LogP contribution in [-0.4, -0.2) is 18.2 Å². The molecule has 0 bridgehead atoms. The fraction of sp³-hybridized carbons (Fsp3) is 0.500. The SMILES string of the molecule is CC(C)NC(C)(C#N)CCOc1ccc(F)cc1F. The second-order valence-corrected chi connectivity index (χ2v) is 4.92. The molecule has 0 aliphatic carbocycles. The van der Waals surface area contributed by atoms with Crippen LogP contribution in [0, 0.1) is 23.0 Å². The number of nitriles is 1. The van der Waals surface area contributed by atoms with E-state index < -0.39 is 17.2 Å². The van der Waals surface area contributed by atoms with Crippen molar-refractivity contribution in [1.29, 1.82) is 5.26 Å². The van der Waals surface area contributed by atoms with E-state index in [9.17, 15) is 8.78 Å². The Balaban J connectivity index is 2.55. The molecule has 1 rings (SSSR count). The van der Waals surface area contributed by atoms with Crippen molar-refractivity contribution in [3.05, 3.63) is 29.8 Å². The molecule has 0 saturated heterocycles. The maximum Gasteiger partial charge on any atom is 0.167 e. The van der Waals surface area contributed by atoms with Crippen LogP contribution in [0.5, 0.6) is 5.75 Å². The summed E-state index contributed by atoms with van der Waals surface area (Å²) in [5.41, 5.74) is -0.731. The van der Waals surface area contributed by atoms with E-state index in [1.54, 1.807) is 6.92 Å². The van der Waals surface area contributed by atoms with Gasteiger partial charge in [0.05, 0.1) is 12.7 Å². The molecule has 1 N–H and O–H groups in total. The predicted octanol–water partition coefficient (Wildman–Crippen LogP) is 3.01. The van der Waals surface area contributed by atoms with Crippen molar-refractivity contribution in [3.63, 3.8) is 0 Å². The molecule has 1 unspecified atom stereocenters. The summed E-state index contributed by atoms with van der Waals surface area (Å²) in [6.07, 6.45) is 0.401. The molecular weight excluding hydrogens is 250 g/mol. The summed E-state index contributed by atoms with van der Waals surface area (Å²) < 4.78 is 31.3. The first-order valence-electron chi connectivity index (χ1n) is 6.13. The Morgan fingerprint density at radius 3 is 2.63 bits per heavy atom. The topological polar surface area (TPSA) is 45.0 Å². The van der Waals surface area contributed by atoms with E-state index in [0.717, 1.165) is 12.1 Å². The summed E-state index contributed by atoms with van der Waals surface area (Å²) in [5.74, 6) is -1.39. The molecule has 3 nitrogen and oxygen atoms in total. The van der Waals surface area contributed by atoms with Crippen LogP contribution in [-0.2, 0) is 0 Å². The van der Waals surface area contributed by atoms with Gasteiger partial charge in [0.15, 0.2) is 11.6 Å². The summed E-state index contributed by atoms with van der Waals surface area (Å²) in [7, 11) is 0. The monoisotopic (exact) mass is 268 g/mol. The van der Waals surface area contributed by atoms with Crippen LogP contribution in [0.4, 0.5) is 8.78 Å².